The molecule has 0 saturated carbocycles. The summed E-state index contributed by atoms with van der Waals surface area (Å²) >= 11 is 0. The molecular weight excluding hydrogens is 434 g/mol. The van der Waals surface area contributed by atoms with E-state index in [1.807, 2.05) is 44.2 Å². The Morgan fingerprint density at radius 2 is 1.73 bits per heavy atom. The van der Waals surface area contributed by atoms with Crippen molar-refractivity contribution >= 4 is 10.0 Å². The van der Waals surface area contributed by atoms with Gasteiger partial charge in [0.25, 0.3) is 0 Å². The van der Waals surface area contributed by atoms with Crippen LogP contribution in [0.15, 0.2) is 66.1 Å². The van der Waals surface area contributed by atoms with Gasteiger partial charge in [0.1, 0.15) is 5.75 Å². The fourth-order valence-electron chi connectivity index (χ4n) is 4.81. The van der Waals surface area contributed by atoms with Gasteiger partial charge in [-0.15, -0.1) is 6.58 Å². The highest BCUT2D eigenvalue weighted by Gasteiger charge is 2.34. The van der Waals surface area contributed by atoms with Gasteiger partial charge < -0.3 is 5.11 Å². The van der Waals surface area contributed by atoms with Crippen LogP contribution < -0.4 is 0 Å². The maximum Gasteiger partial charge on any atom is 0.243 e. The largest absolute Gasteiger partial charge is 0.508 e. The van der Waals surface area contributed by atoms with Crippen molar-refractivity contribution < 1.29 is 13.5 Å². The summed E-state index contributed by atoms with van der Waals surface area (Å²) in [6, 6.07) is 15.1. The van der Waals surface area contributed by atoms with Gasteiger partial charge in [0, 0.05) is 44.8 Å². The summed E-state index contributed by atoms with van der Waals surface area (Å²) in [6.45, 7) is 15.5. The lowest BCUT2D eigenvalue weighted by atomic mass is 9.93. The van der Waals surface area contributed by atoms with E-state index in [1.165, 1.54) is 4.31 Å². The number of hydrogen-bond donors (Lipinski definition) is 1. The average Bonchev–Trinajstić information content (AvgIpc) is 2.78. The minimum atomic E-state index is -3.51. The molecular formula is C26H37N3O3S. The molecule has 180 valence electrons. The Kier molecular flexibility index (Phi) is 8.34. The van der Waals surface area contributed by atoms with Gasteiger partial charge in [0.05, 0.1) is 10.9 Å². The van der Waals surface area contributed by atoms with E-state index < -0.39 is 10.0 Å². The predicted octanol–water partition coefficient (Wildman–Crippen LogP) is 4.09. The van der Waals surface area contributed by atoms with Crippen molar-refractivity contribution in [3.05, 3.63) is 72.3 Å². The molecule has 0 spiro atoms. The molecule has 0 radical (unpaired) electrons. The molecule has 1 fully saturated rings. The van der Waals surface area contributed by atoms with E-state index in [4.69, 9.17) is 0 Å². The molecule has 1 N–H and O–H groups in total. The zero-order valence-corrected chi connectivity index (χ0v) is 21.0. The summed E-state index contributed by atoms with van der Waals surface area (Å²) in [5.74, 6) is 0.226. The third-order valence-corrected chi connectivity index (χ3v) is 8.65. The number of benzene rings is 2. The van der Waals surface area contributed by atoms with E-state index in [2.05, 4.69) is 30.2 Å². The van der Waals surface area contributed by atoms with Gasteiger partial charge in [-0.25, -0.2) is 8.42 Å². The van der Waals surface area contributed by atoms with Crippen molar-refractivity contribution in [1.82, 2.24) is 14.1 Å². The van der Waals surface area contributed by atoms with Crippen LogP contribution in [0, 0.1) is 0 Å². The third-order valence-electron chi connectivity index (χ3n) is 6.58. The van der Waals surface area contributed by atoms with Gasteiger partial charge in [-0.3, -0.25) is 9.80 Å². The highest BCUT2D eigenvalue weighted by atomic mass is 32.2. The summed E-state index contributed by atoms with van der Waals surface area (Å²) in [6.07, 6.45) is 1.95. The first-order chi connectivity index (χ1) is 15.7. The number of phenolic OH excluding ortho intramolecular Hbond substituents is 1. The summed E-state index contributed by atoms with van der Waals surface area (Å²) in [5.41, 5.74) is 2.00. The van der Waals surface area contributed by atoms with Crippen molar-refractivity contribution in [3.8, 4) is 5.75 Å². The van der Waals surface area contributed by atoms with E-state index in [0.29, 0.717) is 24.0 Å². The summed E-state index contributed by atoms with van der Waals surface area (Å²) in [7, 11) is -3.51. The maximum atomic E-state index is 13.0. The Bertz CT molecular complexity index is 1040. The van der Waals surface area contributed by atoms with Crippen LogP contribution in [0.1, 0.15) is 44.9 Å². The molecule has 0 aliphatic carbocycles. The van der Waals surface area contributed by atoms with Crippen molar-refractivity contribution in [2.45, 2.75) is 50.7 Å². The van der Waals surface area contributed by atoms with E-state index in [1.54, 1.807) is 24.3 Å². The number of rotatable bonds is 9. The highest BCUT2D eigenvalue weighted by Crippen LogP contribution is 2.35. The Hall–Kier alpha value is -2.19. The first-order valence-electron chi connectivity index (χ1n) is 11.7. The Balaban J connectivity index is 2.00. The fourth-order valence-corrected chi connectivity index (χ4v) is 6.27. The average molecular weight is 472 g/mol. The maximum absolute atomic E-state index is 13.0. The lowest BCUT2D eigenvalue weighted by Crippen LogP contribution is -2.57. The monoisotopic (exact) mass is 471 g/mol. The standard InChI is InChI=1S/C26H37N3O3S/c1-6-16-27-18-21(5)29(19-20(27)4)26(23-10-9-11-24(30)17-23)22-12-14-25(15-13-22)33(31,32)28(7-2)8-3/h6,9-15,17,20-21,26,30H,1,7-8,16,18-19H2,2-5H3. The molecule has 2 aromatic carbocycles. The third kappa shape index (κ3) is 5.49. The molecule has 1 heterocycles. The van der Waals surface area contributed by atoms with Crippen LogP contribution in [0.25, 0.3) is 0 Å². The fraction of sp³-hybridized carbons (Fsp3) is 0.462. The normalized spacial score (nSPS) is 21.2. The van der Waals surface area contributed by atoms with Crippen molar-refractivity contribution in [2.24, 2.45) is 0 Å². The van der Waals surface area contributed by atoms with Crippen LogP contribution in [-0.4, -0.2) is 72.4 Å². The van der Waals surface area contributed by atoms with Crippen molar-refractivity contribution in [2.75, 3.05) is 32.7 Å². The molecule has 3 rings (SSSR count). The van der Waals surface area contributed by atoms with E-state index in [-0.39, 0.29) is 17.8 Å². The minimum Gasteiger partial charge on any atom is -0.508 e. The first-order valence-corrected chi connectivity index (χ1v) is 13.2. The number of sulfonamides is 1. The van der Waals surface area contributed by atoms with E-state index in [9.17, 15) is 13.5 Å². The molecule has 3 atom stereocenters. The first kappa shape index (κ1) is 25.4. The van der Waals surface area contributed by atoms with Gasteiger partial charge >= 0.3 is 0 Å². The summed E-state index contributed by atoms with van der Waals surface area (Å²) in [5, 5.41) is 10.2. The van der Waals surface area contributed by atoms with Crippen LogP contribution in [0.3, 0.4) is 0 Å². The smallest absolute Gasteiger partial charge is 0.243 e. The second kappa shape index (κ2) is 10.8. The number of nitrogens with zero attached hydrogens (tertiary/aromatic N) is 3. The molecule has 0 aromatic heterocycles. The molecule has 0 amide bonds. The van der Waals surface area contributed by atoms with Gasteiger partial charge in [0.2, 0.25) is 10.0 Å². The van der Waals surface area contributed by atoms with E-state index >= 15 is 0 Å². The van der Waals surface area contributed by atoms with Crippen LogP contribution in [-0.2, 0) is 10.0 Å². The van der Waals surface area contributed by atoms with Crippen molar-refractivity contribution in [1.29, 1.82) is 0 Å². The van der Waals surface area contributed by atoms with Crippen LogP contribution >= 0.6 is 0 Å². The number of phenols is 1. The highest BCUT2D eigenvalue weighted by molar-refractivity contribution is 7.89. The molecule has 3 unspecified atom stereocenters. The molecule has 0 bridgehead atoms. The number of aromatic hydroxyl groups is 1. The quantitative estimate of drug-likeness (QED) is 0.558. The van der Waals surface area contributed by atoms with Gasteiger partial charge in [-0.1, -0.05) is 44.2 Å². The lowest BCUT2D eigenvalue weighted by Gasteiger charge is -2.47. The molecule has 1 aliphatic heterocycles. The van der Waals surface area contributed by atoms with Gasteiger partial charge in [0.15, 0.2) is 0 Å². The minimum absolute atomic E-state index is 0.0920. The predicted molar refractivity (Wildman–Crippen MR) is 134 cm³/mol. The van der Waals surface area contributed by atoms with Gasteiger partial charge in [-0.2, -0.15) is 4.31 Å². The zero-order chi connectivity index (χ0) is 24.2. The molecule has 1 aliphatic rings. The van der Waals surface area contributed by atoms with Crippen LogP contribution in [0.2, 0.25) is 0 Å². The Morgan fingerprint density at radius 3 is 2.30 bits per heavy atom. The molecule has 1 saturated heterocycles. The second-order valence-electron chi connectivity index (χ2n) is 8.79. The number of hydrogen-bond acceptors (Lipinski definition) is 5. The van der Waals surface area contributed by atoms with E-state index in [0.717, 1.165) is 30.8 Å². The molecule has 6 nitrogen and oxygen atoms in total. The van der Waals surface area contributed by atoms with Crippen LogP contribution in [0.4, 0.5) is 0 Å². The summed E-state index contributed by atoms with van der Waals surface area (Å²) in [4.78, 5) is 5.18. The summed E-state index contributed by atoms with van der Waals surface area (Å²) < 4.78 is 27.4. The molecule has 33 heavy (non-hydrogen) atoms. The lowest BCUT2D eigenvalue weighted by molar-refractivity contribution is 0.0306. The molecule has 7 heteroatoms. The topological polar surface area (TPSA) is 64.1 Å². The Labute approximate surface area is 199 Å². The molecule has 2 aromatic rings. The Morgan fingerprint density at radius 1 is 1.06 bits per heavy atom. The second-order valence-corrected chi connectivity index (χ2v) is 10.7. The zero-order valence-electron chi connectivity index (χ0n) is 20.2. The SMILES string of the molecule is C=CCN1CC(C)N(C(c2ccc(S(=O)(=O)N(CC)CC)cc2)c2cccc(O)c2)CC1C. The van der Waals surface area contributed by atoms with Crippen molar-refractivity contribution in [3.63, 3.8) is 0 Å². The van der Waals surface area contributed by atoms with Crippen LogP contribution in [0.5, 0.6) is 5.75 Å². The van der Waals surface area contributed by atoms with Gasteiger partial charge in [-0.05, 0) is 49.2 Å². The number of piperazine rings is 1.